The van der Waals surface area contributed by atoms with Gasteiger partial charge in [0.15, 0.2) is 5.78 Å². The van der Waals surface area contributed by atoms with Crippen LogP contribution in [0.5, 0.6) is 0 Å². The molecule has 1 aliphatic heterocycles. The zero-order chi connectivity index (χ0) is 21.4. The summed E-state index contributed by atoms with van der Waals surface area (Å²) in [6.07, 6.45) is -4.86. The van der Waals surface area contributed by atoms with Gasteiger partial charge < -0.3 is 10.2 Å². The predicted molar refractivity (Wildman–Crippen MR) is 99.3 cm³/mol. The van der Waals surface area contributed by atoms with Gasteiger partial charge in [-0.25, -0.2) is 0 Å². The van der Waals surface area contributed by atoms with Crippen LogP contribution in [0.4, 0.5) is 13.2 Å². The molecule has 1 unspecified atom stereocenters. The fourth-order valence-electron chi connectivity index (χ4n) is 3.97. The first-order valence-corrected chi connectivity index (χ1v) is 9.58. The average Bonchev–Trinajstić information content (AvgIpc) is 2.86. The minimum atomic E-state index is -5.14. The molecule has 1 N–H and O–H groups in total. The van der Waals surface area contributed by atoms with Crippen molar-refractivity contribution in [2.45, 2.75) is 57.8 Å². The van der Waals surface area contributed by atoms with E-state index in [-0.39, 0.29) is 37.4 Å². The number of nitrogens with one attached hydrogen (secondary N) is 1. The third-order valence-electron chi connectivity index (χ3n) is 5.18. The van der Waals surface area contributed by atoms with Gasteiger partial charge in [-0.3, -0.25) is 14.4 Å². The Morgan fingerprint density at radius 2 is 1.83 bits per heavy atom. The summed E-state index contributed by atoms with van der Waals surface area (Å²) in [6, 6.07) is 8.60. The number of Topliss-reactive ketones (excluding diaryl/α,β-unsaturated/α-hetero) is 1. The second-order valence-electron chi connectivity index (χ2n) is 7.87. The fourth-order valence-corrected chi connectivity index (χ4v) is 3.97. The normalized spacial score (nSPS) is 22.3. The number of amides is 2. The van der Waals surface area contributed by atoms with Crippen LogP contribution in [-0.2, 0) is 20.9 Å². The van der Waals surface area contributed by atoms with Crippen LogP contribution >= 0.6 is 0 Å². The van der Waals surface area contributed by atoms with Crippen molar-refractivity contribution in [1.29, 1.82) is 0 Å². The lowest BCUT2D eigenvalue weighted by atomic mass is 9.82. The topological polar surface area (TPSA) is 66.5 Å². The lowest BCUT2D eigenvalue weighted by Gasteiger charge is -2.33. The Bertz CT molecular complexity index is 862. The molecule has 156 valence electrons. The van der Waals surface area contributed by atoms with Crippen LogP contribution in [0.1, 0.15) is 45.1 Å². The first kappa shape index (κ1) is 21.1. The third-order valence-corrected chi connectivity index (χ3v) is 5.18. The SMILES string of the molecule is CC(C)CC(=O)NC1(C(F)(F)F)C(=O)N(Cc2ccccc2)C2=C1C(=O)CCC2. The van der Waals surface area contributed by atoms with Crippen molar-refractivity contribution in [3.8, 4) is 0 Å². The van der Waals surface area contributed by atoms with Crippen molar-refractivity contribution in [3.63, 3.8) is 0 Å². The maximum absolute atomic E-state index is 14.4. The molecule has 0 aromatic heterocycles. The first-order valence-electron chi connectivity index (χ1n) is 9.58. The van der Waals surface area contributed by atoms with Crippen molar-refractivity contribution >= 4 is 17.6 Å². The lowest BCUT2D eigenvalue weighted by Crippen LogP contribution is -2.66. The van der Waals surface area contributed by atoms with Gasteiger partial charge in [-0.15, -0.1) is 0 Å². The van der Waals surface area contributed by atoms with Gasteiger partial charge >= 0.3 is 6.18 Å². The van der Waals surface area contributed by atoms with Crippen LogP contribution in [0, 0.1) is 5.92 Å². The quantitative estimate of drug-likeness (QED) is 0.811. The van der Waals surface area contributed by atoms with E-state index in [0.29, 0.717) is 12.0 Å². The number of allylic oxidation sites excluding steroid dienone is 1. The lowest BCUT2D eigenvalue weighted by molar-refractivity contribution is -0.194. The molecule has 2 amide bonds. The molecule has 0 saturated carbocycles. The summed E-state index contributed by atoms with van der Waals surface area (Å²) in [4.78, 5) is 39.2. The minimum absolute atomic E-state index is 0.0669. The maximum Gasteiger partial charge on any atom is 0.425 e. The Hall–Kier alpha value is -2.64. The van der Waals surface area contributed by atoms with E-state index in [4.69, 9.17) is 0 Å². The molecule has 2 aliphatic rings. The number of hydrogen-bond acceptors (Lipinski definition) is 3. The molecule has 0 radical (unpaired) electrons. The number of hydrogen-bond donors (Lipinski definition) is 1. The van der Waals surface area contributed by atoms with E-state index < -0.39 is 34.9 Å². The number of carbonyl (C=O) groups is 3. The second-order valence-corrected chi connectivity index (χ2v) is 7.87. The molecule has 1 aliphatic carbocycles. The van der Waals surface area contributed by atoms with Gasteiger partial charge in [0.25, 0.3) is 5.91 Å². The molecular formula is C21H23F3N2O3. The number of rotatable bonds is 5. The summed E-state index contributed by atoms with van der Waals surface area (Å²) < 4.78 is 43.1. The molecule has 0 bridgehead atoms. The Morgan fingerprint density at radius 1 is 1.17 bits per heavy atom. The molecule has 1 heterocycles. The van der Waals surface area contributed by atoms with Crippen LogP contribution < -0.4 is 5.32 Å². The van der Waals surface area contributed by atoms with E-state index in [0.717, 1.165) is 4.90 Å². The highest BCUT2D eigenvalue weighted by molar-refractivity contribution is 6.13. The molecule has 1 aromatic rings. The Balaban J connectivity index is 2.11. The molecule has 0 spiro atoms. The first-order chi connectivity index (χ1) is 13.6. The average molecular weight is 408 g/mol. The smallest absolute Gasteiger partial charge is 0.330 e. The van der Waals surface area contributed by atoms with E-state index in [2.05, 4.69) is 0 Å². The molecule has 1 atom stereocenters. The van der Waals surface area contributed by atoms with Gasteiger partial charge in [0, 0.05) is 18.5 Å². The van der Waals surface area contributed by atoms with Gasteiger partial charge in [-0.2, -0.15) is 13.2 Å². The molecular weight excluding hydrogens is 385 g/mol. The van der Waals surface area contributed by atoms with Gasteiger partial charge in [0.05, 0.1) is 12.1 Å². The van der Waals surface area contributed by atoms with Crippen LogP contribution in [0.3, 0.4) is 0 Å². The number of benzene rings is 1. The summed E-state index contributed by atoms with van der Waals surface area (Å²) in [5, 5.41) is 1.92. The van der Waals surface area contributed by atoms with Gasteiger partial charge in [0.2, 0.25) is 11.4 Å². The monoisotopic (exact) mass is 408 g/mol. The molecule has 29 heavy (non-hydrogen) atoms. The second kappa shape index (κ2) is 7.65. The zero-order valence-electron chi connectivity index (χ0n) is 16.3. The predicted octanol–water partition coefficient (Wildman–Crippen LogP) is 3.50. The number of ketones is 1. The number of nitrogens with zero attached hydrogens (tertiary/aromatic N) is 1. The molecule has 0 saturated heterocycles. The van der Waals surface area contributed by atoms with Crippen LogP contribution in [0.25, 0.3) is 0 Å². The Labute approximate surface area is 166 Å². The van der Waals surface area contributed by atoms with E-state index in [1.54, 1.807) is 44.2 Å². The van der Waals surface area contributed by atoms with E-state index >= 15 is 0 Å². The highest BCUT2D eigenvalue weighted by atomic mass is 19.4. The van der Waals surface area contributed by atoms with Gasteiger partial charge in [-0.1, -0.05) is 44.2 Å². The van der Waals surface area contributed by atoms with Crippen LogP contribution in [0.15, 0.2) is 41.6 Å². The number of halogens is 3. The van der Waals surface area contributed by atoms with Crippen molar-refractivity contribution in [1.82, 2.24) is 10.2 Å². The van der Waals surface area contributed by atoms with Crippen LogP contribution in [-0.4, -0.2) is 34.2 Å². The standard InChI is InChI=1S/C21H23F3N2O3/c1-13(2)11-17(28)25-20(21(22,23)24)18-15(9-6-10-16(18)27)26(19(20)29)12-14-7-4-3-5-8-14/h3-5,7-8,13H,6,9-12H2,1-2H3,(H,25,28). The Kier molecular flexibility index (Phi) is 5.56. The van der Waals surface area contributed by atoms with Crippen molar-refractivity contribution in [2.75, 3.05) is 0 Å². The molecule has 1 aromatic carbocycles. The van der Waals surface area contributed by atoms with Crippen molar-refractivity contribution < 1.29 is 27.6 Å². The largest absolute Gasteiger partial charge is 0.425 e. The van der Waals surface area contributed by atoms with Crippen molar-refractivity contribution in [3.05, 3.63) is 47.2 Å². The molecule has 0 fully saturated rings. The summed E-state index contributed by atoms with van der Waals surface area (Å²) in [5.41, 5.74) is -3.23. The van der Waals surface area contributed by atoms with Crippen molar-refractivity contribution in [2.24, 2.45) is 5.92 Å². The Morgan fingerprint density at radius 3 is 2.41 bits per heavy atom. The number of alkyl halides is 3. The highest BCUT2D eigenvalue weighted by Gasteiger charge is 2.70. The van der Waals surface area contributed by atoms with Crippen LogP contribution in [0.2, 0.25) is 0 Å². The summed E-state index contributed by atoms with van der Waals surface area (Å²) >= 11 is 0. The minimum Gasteiger partial charge on any atom is -0.330 e. The number of carbonyl (C=O) groups excluding carboxylic acids is 3. The molecule has 5 nitrogen and oxygen atoms in total. The summed E-state index contributed by atoms with van der Waals surface area (Å²) in [5.74, 6) is -3.16. The van der Waals surface area contributed by atoms with Gasteiger partial charge in [-0.05, 0) is 24.3 Å². The fraction of sp³-hybridized carbons (Fsp3) is 0.476. The van der Waals surface area contributed by atoms with E-state index in [1.807, 2.05) is 5.32 Å². The molecule has 8 heteroatoms. The van der Waals surface area contributed by atoms with Gasteiger partial charge in [0.1, 0.15) is 0 Å². The van der Waals surface area contributed by atoms with E-state index in [9.17, 15) is 27.6 Å². The maximum atomic E-state index is 14.4. The highest BCUT2D eigenvalue weighted by Crippen LogP contribution is 2.48. The summed E-state index contributed by atoms with van der Waals surface area (Å²) in [7, 11) is 0. The summed E-state index contributed by atoms with van der Waals surface area (Å²) in [6.45, 7) is 3.28. The zero-order valence-corrected chi connectivity index (χ0v) is 16.3. The van der Waals surface area contributed by atoms with E-state index in [1.165, 1.54) is 0 Å². The molecule has 3 rings (SSSR count). The third kappa shape index (κ3) is 3.68.